The maximum atomic E-state index is 11.2. The minimum absolute atomic E-state index is 0.0115. The van der Waals surface area contributed by atoms with Crippen LogP contribution < -0.4 is 16.4 Å². The molecule has 88 valence electrons. The van der Waals surface area contributed by atoms with Gasteiger partial charge in [0.2, 0.25) is 11.8 Å². The Bertz CT molecular complexity index is 229. The van der Waals surface area contributed by atoms with E-state index in [0.717, 1.165) is 0 Å². The zero-order valence-electron chi connectivity index (χ0n) is 9.17. The van der Waals surface area contributed by atoms with Crippen LogP contribution in [0.5, 0.6) is 0 Å². The van der Waals surface area contributed by atoms with E-state index >= 15 is 0 Å². The number of aliphatic hydroxyl groups excluding tert-OH is 1. The maximum Gasteiger partial charge on any atom is 0.239 e. The number of hydrogen-bond acceptors (Lipinski definition) is 4. The molecule has 6 nitrogen and oxygen atoms in total. The first-order valence-electron chi connectivity index (χ1n) is 4.75. The van der Waals surface area contributed by atoms with Crippen LogP contribution in [0.25, 0.3) is 0 Å². The van der Waals surface area contributed by atoms with E-state index in [1.54, 1.807) is 0 Å². The molecule has 0 saturated carbocycles. The van der Waals surface area contributed by atoms with Crippen molar-refractivity contribution >= 4 is 11.8 Å². The highest BCUT2D eigenvalue weighted by Crippen LogP contribution is 2.10. The van der Waals surface area contributed by atoms with E-state index in [4.69, 9.17) is 10.8 Å². The number of carbonyl (C=O) groups is 2. The van der Waals surface area contributed by atoms with E-state index in [1.165, 1.54) is 0 Å². The second-order valence-corrected chi connectivity index (χ2v) is 4.08. The third-order valence-corrected chi connectivity index (χ3v) is 1.82. The molecule has 15 heavy (non-hydrogen) atoms. The summed E-state index contributed by atoms with van der Waals surface area (Å²) in [5, 5.41) is 13.9. The van der Waals surface area contributed by atoms with Crippen molar-refractivity contribution in [2.45, 2.75) is 13.8 Å². The third kappa shape index (κ3) is 6.87. The number of rotatable bonds is 6. The highest BCUT2D eigenvalue weighted by Gasteiger charge is 2.17. The summed E-state index contributed by atoms with van der Waals surface area (Å²) in [5.74, 6) is -0.662. The number of hydrogen-bond donors (Lipinski definition) is 4. The minimum Gasteiger partial charge on any atom is -0.396 e. The number of aliphatic hydroxyl groups is 1. The average molecular weight is 217 g/mol. The quantitative estimate of drug-likeness (QED) is 0.421. The molecule has 0 aromatic rings. The van der Waals surface area contributed by atoms with Crippen LogP contribution in [0.3, 0.4) is 0 Å². The van der Waals surface area contributed by atoms with E-state index in [-0.39, 0.29) is 36.9 Å². The molecule has 0 aromatic heterocycles. The van der Waals surface area contributed by atoms with E-state index in [0.29, 0.717) is 6.54 Å². The molecule has 0 bridgehead atoms. The fourth-order valence-corrected chi connectivity index (χ4v) is 0.707. The monoisotopic (exact) mass is 217 g/mol. The number of carbonyl (C=O) groups excluding carboxylic acids is 2. The Morgan fingerprint density at radius 1 is 1.27 bits per heavy atom. The molecule has 0 aromatic carbocycles. The lowest BCUT2D eigenvalue weighted by Crippen LogP contribution is -2.43. The Labute approximate surface area is 89.2 Å². The van der Waals surface area contributed by atoms with Gasteiger partial charge in [-0.3, -0.25) is 9.59 Å². The normalized spacial score (nSPS) is 10.9. The van der Waals surface area contributed by atoms with Gasteiger partial charge in [0.25, 0.3) is 0 Å². The largest absolute Gasteiger partial charge is 0.396 e. The van der Waals surface area contributed by atoms with E-state index in [1.807, 2.05) is 13.8 Å². The standard InChI is InChI=1S/C9H19N3O3/c1-9(2,6-13)5-12-8(15)4-11-7(14)3-10/h13H,3-6,10H2,1-2H3,(H,11,14)(H,12,15). The average Bonchev–Trinajstić information content (AvgIpc) is 2.23. The second-order valence-electron chi connectivity index (χ2n) is 4.08. The van der Waals surface area contributed by atoms with E-state index in [2.05, 4.69) is 10.6 Å². The first kappa shape index (κ1) is 13.9. The number of amides is 2. The molecule has 0 radical (unpaired) electrons. The van der Waals surface area contributed by atoms with Crippen LogP contribution in [-0.2, 0) is 9.59 Å². The summed E-state index contributed by atoms with van der Waals surface area (Å²) in [5.41, 5.74) is 4.69. The Kier molecular flexibility index (Phi) is 5.88. The van der Waals surface area contributed by atoms with Crippen LogP contribution in [0.2, 0.25) is 0 Å². The van der Waals surface area contributed by atoms with Crippen LogP contribution in [0.4, 0.5) is 0 Å². The van der Waals surface area contributed by atoms with Crippen LogP contribution >= 0.6 is 0 Å². The lowest BCUT2D eigenvalue weighted by atomic mass is 9.95. The highest BCUT2D eigenvalue weighted by molar-refractivity contribution is 5.85. The molecule has 0 heterocycles. The Hall–Kier alpha value is -1.14. The van der Waals surface area contributed by atoms with Crippen molar-refractivity contribution in [1.29, 1.82) is 0 Å². The van der Waals surface area contributed by atoms with Crippen molar-refractivity contribution < 1.29 is 14.7 Å². The summed E-state index contributed by atoms with van der Waals surface area (Å²) >= 11 is 0. The third-order valence-electron chi connectivity index (χ3n) is 1.82. The second kappa shape index (κ2) is 6.36. The molecule has 0 rings (SSSR count). The van der Waals surface area contributed by atoms with Gasteiger partial charge < -0.3 is 21.5 Å². The summed E-state index contributed by atoms with van der Waals surface area (Å²) in [7, 11) is 0. The maximum absolute atomic E-state index is 11.2. The van der Waals surface area contributed by atoms with Crippen LogP contribution in [-0.4, -0.2) is 43.2 Å². The Morgan fingerprint density at radius 2 is 1.87 bits per heavy atom. The van der Waals surface area contributed by atoms with Crippen molar-refractivity contribution in [2.24, 2.45) is 11.1 Å². The van der Waals surface area contributed by atoms with Gasteiger partial charge in [-0.15, -0.1) is 0 Å². The molecule has 0 atom stereocenters. The zero-order chi connectivity index (χ0) is 11.9. The minimum atomic E-state index is -0.369. The molecule has 2 amide bonds. The molecule has 0 aliphatic heterocycles. The predicted molar refractivity (Wildman–Crippen MR) is 55.9 cm³/mol. The fraction of sp³-hybridized carbons (Fsp3) is 0.778. The molecule has 5 N–H and O–H groups in total. The summed E-state index contributed by atoms with van der Waals surface area (Å²) in [6, 6.07) is 0. The van der Waals surface area contributed by atoms with Gasteiger partial charge in [0, 0.05) is 18.6 Å². The van der Waals surface area contributed by atoms with Crippen molar-refractivity contribution in [3.8, 4) is 0 Å². The first-order valence-corrected chi connectivity index (χ1v) is 4.75. The zero-order valence-corrected chi connectivity index (χ0v) is 9.17. The van der Waals surface area contributed by atoms with E-state index in [9.17, 15) is 9.59 Å². The molecule has 0 unspecified atom stereocenters. The summed E-state index contributed by atoms with van der Waals surface area (Å²) in [4.78, 5) is 21.9. The molecule has 0 spiro atoms. The van der Waals surface area contributed by atoms with Crippen molar-refractivity contribution in [1.82, 2.24) is 10.6 Å². The molecule has 0 fully saturated rings. The smallest absolute Gasteiger partial charge is 0.239 e. The molecule has 0 aliphatic rings. The Balaban J connectivity index is 3.71. The van der Waals surface area contributed by atoms with Crippen molar-refractivity contribution in [2.75, 3.05) is 26.2 Å². The van der Waals surface area contributed by atoms with Crippen molar-refractivity contribution in [3.63, 3.8) is 0 Å². The predicted octanol–water partition coefficient (Wildman–Crippen LogP) is -1.80. The summed E-state index contributed by atoms with van der Waals surface area (Å²) < 4.78 is 0. The highest BCUT2D eigenvalue weighted by atomic mass is 16.3. The Morgan fingerprint density at radius 3 is 2.33 bits per heavy atom. The molecular formula is C9H19N3O3. The summed E-state index contributed by atoms with van der Waals surface area (Å²) in [6.45, 7) is 3.79. The van der Waals surface area contributed by atoms with Crippen LogP contribution in [0, 0.1) is 5.41 Å². The molecule has 0 aliphatic carbocycles. The first-order chi connectivity index (χ1) is 6.91. The van der Waals surface area contributed by atoms with Gasteiger partial charge in [0.05, 0.1) is 13.1 Å². The topological polar surface area (TPSA) is 104 Å². The van der Waals surface area contributed by atoms with Gasteiger partial charge in [0.1, 0.15) is 0 Å². The molecular weight excluding hydrogens is 198 g/mol. The number of nitrogens with two attached hydrogens (primary N) is 1. The molecule has 6 heteroatoms. The van der Waals surface area contributed by atoms with Crippen molar-refractivity contribution in [3.05, 3.63) is 0 Å². The number of nitrogens with one attached hydrogen (secondary N) is 2. The summed E-state index contributed by atoms with van der Waals surface area (Å²) in [6.07, 6.45) is 0. The van der Waals surface area contributed by atoms with Gasteiger partial charge in [-0.1, -0.05) is 13.8 Å². The van der Waals surface area contributed by atoms with Crippen LogP contribution in [0.1, 0.15) is 13.8 Å². The lowest BCUT2D eigenvalue weighted by molar-refractivity contribution is -0.125. The van der Waals surface area contributed by atoms with E-state index < -0.39 is 0 Å². The molecule has 0 saturated heterocycles. The van der Waals surface area contributed by atoms with Crippen LogP contribution in [0.15, 0.2) is 0 Å². The SMILES string of the molecule is CC(C)(CO)CNC(=O)CNC(=O)CN. The van der Waals surface area contributed by atoms with Gasteiger partial charge in [0.15, 0.2) is 0 Å². The van der Waals surface area contributed by atoms with Gasteiger partial charge >= 0.3 is 0 Å². The van der Waals surface area contributed by atoms with Gasteiger partial charge in [-0.2, -0.15) is 0 Å². The fourth-order valence-electron chi connectivity index (χ4n) is 0.707. The lowest BCUT2D eigenvalue weighted by Gasteiger charge is -2.21. The van der Waals surface area contributed by atoms with Gasteiger partial charge in [-0.25, -0.2) is 0 Å². The van der Waals surface area contributed by atoms with Gasteiger partial charge in [-0.05, 0) is 0 Å².